The van der Waals surface area contributed by atoms with Crippen LogP contribution in [0.4, 0.5) is 0 Å². The van der Waals surface area contributed by atoms with Gasteiger partial charge in [0.2, 0.25) is 0 Å². The van der Waals surface area contributed by atoms with E-state index in [4.69, 9.17) is 9.84 Å². The largest absolute Gasteiger partial charge is 0.504 e. The molecule has 0 aromatic heterocycles. The van der Waals surface area contributed by atoms with Crippen molar-refractivity contribution in [2.75, 3.05) is 6.61 Å². The summed E-state index contributed by atoms with van der Waals surface area (Å²) in [7, 11) is 0. The summed E-state index contributed by atoms with van der Waals surface area (Å²) >= 11 is 0. The molecule has 0 heterocycles. The summed E-state index contributed by atoms with van der Waals surface area (Å²) in [6.07, 6.45) is 0.898. The Kier molecular flexibility index (Phi) is 4.37. The quantitative estimate of drug-likeness (QED) is 0.827. The molecule has 1 unspecified atom stereocenters. The second-order valence-electron chi connectivity index (χ2n) is 4.14. The number of aromatic hydroxyl groups is 1. The molecule has 0 aliphatic heterocycles. The summed E-state index contributed by atoms with van der Waals surface area (Å²) in [5.41, 5.74) is 1.52. The van der Waals surface area contributed by atoms with Crippen molar-refractivity contribution in [3.8, 4) is 11.5 Å². The van der Waals surface area contributed by atoms with Gasteiger partial charge in [0.05, 0.1) is 0 Å². The van der Waals surface area contributed by atoms with Crippen LogP contribution in [-0.2, 0) is 4.79 Å². The predicted molar refractivity (Wildman–Crippen MR) is 64.7 cm³/mol. The lowest BCUT2D eigenvalue weighted by Gasteiger charge is -2.16. The zero-order valence-corrected chi connectivity index (χ0v) is 10.4. The van der Waals surface area contributed by atoms with Gasteiger partial charge in [0.25, 0.3) is 0 Å². The zero-order valence-electron chi connectivity index (χ0n) is 10.4. The van der Waals surface area contributed by atoms with Gasteiger partial charge in [-0.15, -0.1) is 0 Å². The zero-order chi connectivity index (χ0) is 13.0. The molecule has 1 aromatic carbocycles. The number of rotatable bonds is 5. The normalized spacial score (nSPS) is 12.2. The third-order valence-corrected chi connectivity index (χ3v) is 2.84. The van der Waals surface area contributed by atoms with E-state index in [1.165, 1.54) is 0 Å². The van der Waals surface area contributed by atoms with E-state index >= 15 is 0 Å². The van der Waals surface area contributed by atoms with Gasteiger partial charge in [0.1, 0.15) is 0 Å². The van der Waals surface area contributed by atoms with Gasteiger partial charge in [0.15, 0.2) is 18.1 Å². The Morgan fingerprint density at radius 1 is 1.47 bits per heavy atom. The fraction of sp³-hybridized carbons (Fsp3) is 0.462. The number of aliphatic carboxylic acids is 1. The number of carboxylic acids is 1. The summed E-state index contributed by atoms with van der Waals surface area (Å²) in [5, 5.41) is 18.6. The van der Waals surface area contributed by atoms with E-state index < -0.39 is 12.6 Å². The Morgan fingerprint density at radius 3 is 2.65 bits per heavy atom. The van der Waals surface area contributed by atoms with Crippen molar-refractivity contribution in [1.82, 2.24) is 0 Å². The number of aryl methyl sites for hydroxylation is 1. The number of carbonyl (C=O) groups is 1. The average molecular weight is 238 g/mol. The van der Waals surface area contributed by atoms with E-state index in [1.54, 1.807) is 6.92 Å². The van der Waals surface area contributed by atoms with Crippen LogP contribution in [0.2, 0.25) is 0 Å². The van der Waals surface area contributed by atoms with Gasteiger partial charge < -0.3 is 14.9 Å². The Labute approximate surface area is 101 Å². The Balaban J connectivity index is 3.06. The molecular weight excluding hydrogens is 220 g/mol. The Bertz CT molecular complexity index is 412. The molecule has 0 saturated carbocycles. The summed E-state index contributed by atoms with van der Waals surface area (Å²) in [5.74, 6) is -0.522. The number of phenols is 1. The van der Waals surface area contributed by atoms with Crippen LogP contribution in [0.1, 0.15) is 37.3 Å². The minimum Gasteiger partial charge on any atom is -0.504 e. The van der Waals surface area contributed by atoms with E-state index in [2.05, 4.69) is 0 Å². The van der Waals surface area contributed by atoms with E-state index in [0.717, 1.165) is 17.5 Å². The summed E-state index contributed by atoms with van der Waals surface area (Å²) in [4.78, 5) is 10.5. The SMILES string of the molecule is CCC(C)c1ccc(C)c(OCC(=O)O)c1O. The predicted octanol–water partition coefficient (Wildman–Crippen LogP) is 2.68. The molecule has 1 rings (SSSR count). The van der Waals surface area contributed by atoms with E-state index in [9.17, 15) is 9.90 Å². The second kappa shape index (κ2) is 5.57. The van der Waals surface area contributed by atoms with Gasteiger partial charge in [-0.1, -0.05) is 26.0 Å². The summed E-state index contributed by atoms with van der Waals surface area (Å²) in [6, 6.07) is 3.69. The van der Waals surface area contributed by atoms with E-state index in [-0.39, 0.29) is 17.4 Å². The van der Waals surface area contributed by atoms with Gasteiger partial charge in [0, 0.05) is 5.56 Å². The standard InChI is InChI=1S/C13H18O4/c1-4-8(2)10-6-5-9(3)13(12(10)16)17-7-11(14)15/h5-6,8,16H,4,7H2,1-3H3,(H,14,15). The molecule has 4 nitrogen and oxygen atoms in total. The number of ether oxygens (including phenoxy) is 1. The Hall–Kier alpha value is -1.71. The fourth-order valence-corrected chi connectivity index (χ4v) is 1.62. The van der Waals surface area contributed by atoms with Crippen LogP contribution in [0.25, 0.3) is 0 Å². The maximum absolute atomic E-state index is 10.5. The van der Waals surface area contributed by atoms with Crippen molar-refractivity contribution in [3.05, 3.63) is 23.3 Å². The molecule has 94 valence electrons. The maximum Gasteiger partial charge on any atom is 0.341 e. The van der Waals surface area contributed by atoms with Gasteiger partial charge in [-0.25, -0.2) is 4.79 Å². The van der Waals surface area contributed by atoms with Crippen molar-refractivity contribution in [2.45, 2.75) is 33.1 Å². The number of hydrogen-bond donors (Lipinski definition) is 2. The van der Waals surface area contributed by atoms with Gasteiger partial charge >= 0.3 is 5.97 Å². The highest BCUT2D eigenvalue weighted by Crippen LogP contribution is 2.38. The first-order valence-corrected chi connectivity index (χ1v) is 5.64. The van der Waals surface area contributed by atoms with E-state index in [1.807, 2.05) is 26.0 Å². The molecule has 1 atom stereocenters. The molecule has 17 heavy (non-hydrogen) atoms. The van der Waals surface area contributed by atoms with Crippen molar-refractivity contribution in [3.63, 3.8) is 0 Å². The smallest absolute Gasteiger partial charge is 0.341 e. The molecule has 0 saturated heterocycles. The highest BCUT2D eigenvalue weighted by Gasteiger charge is 2.16. The van der Waals surface area contributed by atoms with Crippen LogP contribution in [-0.4, -0.2) is 22.8 Å². The highest BCUT2D eigenvalue weighted by atomic mass is 16.5. The third-order valence-electron chi connectivity index (χ3n) is 2.84. The monoisotopic (exact) mass is 238 g/mol. The summed E-state index contributed by atoms with van der Waals surface area (Å²) in [6.45, 7) is 5.36. The lowest BCUT2D eigenvalue weighted by atomic mass is 9.96. The third kappa shape index (κ3) is 3.12. The van der Waals surface area contributed by atoms with Crippen LogP contribution < -0.4 is 4.74 Å². The highest BCUT2D eigenvalue weighted by molar-refractivity contribution is 5.69. The summed E-state index contributed by atoms with van der Waals surface area (Å²) < 4.78 is 5.11. The van der Waals surface area contributed by atoms with Gasteiger partial charge in [-0.05, 0) is 24.8 Å². The van der Waals surface area contributed by atoms with Gasteiger partial charge in [-0.3, -0.25) is 0 Å². The van der Waals surface area contributed by atoms with Crippen LogP contribution in [0, 0.1) is 6.92 Å². The number of phenolic OH excluding ortho intramolecular Hbond substituents is 1. The fourth-order valence-electron chi connectivity index (χ4n) is 1.62. The molecule has 0 aliphatic carbocycles. The lowest BCUT2D eigenvalue weighted by Crippen LogP contribution is -2.10. The molecule has 0 aliphatic rings. The lowest BCUT2D eigenvalue weighted by molar-refractivity contribution is -0.139. The maximum atomic E-state index is 10.5. The minimum atomic E-state index is -1.06. The van der Waals surface area contributed by atoms with E-state index in [0.29, 0.717) is 0 Å². The molecule has 0 spiro atoms. The first-order chi connectivity index (χ1) is 7.97. The van der Waals surface area contributed by atoms with Crippen molar-refractivity contribution < 1.29 is 19.7 Å². The molecule has 0 bridgehead atoms. The number of carboxylic acid groups (broad SMARTS) is 1. The second-order valence-corrected chi connectivity index (χ2v) is 4.14. The van der Waals surface area contributed by atoms with Crippen molar-refractivity contribution >= 4 is 5.97 Å². The molecule has 0 amide bonds. The van der Waals surface area contributed by atoms with Crippen LogP contribution in [0.3, 0.4) is 0 Å². The number of hydrogen-bond acceptors (Lipinski definition) is 3. The number of benzene rings is 1. The van der Waals surface area contributed by atoms with Crippen molar-refractivity contribution in [1.29, 1.82) is 0 Å². The molecule has 4 heteroatoms. The topological polar surface area (TPSA) is 66.8 Å². The molecular formula is C13H18O4. The van der Waals surface area contributed by atoms with Crippen LogP contribution in [0.5, 0.6) is 11.5 Å². The molecule has 1 aromatic rings. The minimum absolute atomic E-state index is 0.0561. The molecule has 0 radical (unpaired) electrons. The molecule has 2 N–H and O–H groups in total. The molecule has 0 fully saturated rings. The first-order valence-electron chi connectivity index (χ1n) is 5.64. The van der Waals surface area contributed by atoms with Crippen LogP contribution >= 0.6 is 0 Å². The van der Waals surface area contributed by atoms with Crippen LogP contribution in [0.15, 0.2) is 12.1 Å². The Morgan fingerprint density at radius 2 is 2.12 bits per heavy atom. The van der Waals surface area contributed by atoms with Crippen molar-refractivity contribution in [2.24, 2.45) is 0 Å². The first kappa shape index (κ1) is 13.4. The average Bonchev–Trinajstić information content (AvgIpc) is 2.27. The van der Waals surface area contributed by atoms with Gasteiger partial charge in [-0.2, -0.15) is 0 Å².